The molecule has 0 fully saturated rings. The quantitative estimate of drug-likeness (QED) is 0.170. The van der Waals surface area contributed by atoms with Crippen LogP contribution in [0.4, 0.5) is 0 Å². The molecule has 11 aromatic rings. The third-order valence-corrected chi connectivity index (χ3v) is 10.3. The average molecular weight is 719 g/mol. The van der Waals surface area contributed by atoms with Crippen LogP contribution in [0.5, 0.6) is 0 Å². The topological polar surface area (TPSA) is 82.5 Å². The molecule has 7 nitrogen and oxygen atoms in total. The van der Waals surface area contributed by atoms with E-state index in [4.69, 9.17) is 29.3 Å². The zero-order chi connectivity index (χ0) is 37.0. The Bertz CT molecular complexity index is 3250. The number of para-hydroxylation sites is 4. The van der Waals surface area contributed by atoms with Gasteiger partial charge in [-0.1, -0.05) is 140 Å². The van der Waals surface area contributed by atoms with Crippen LogP contribution in [0.15, 0.2) is 186 Å². The van der Waals surface area contributed by atoms with Gasteiger partial charge in [0, 0.05) is 38.5 Å². The summed E-state index contributed by atoms with van der Waals surface area (Å²) in [5.41, 5.74) is 10.3. The zero-order valence-corrected chi connectivity index (χ0v) is 29.9. The normalized spacial score (nSPS) is 11.6. The zero-order valence-electron chi connectivity index (χ0n) is 29.9. The summed E-state index contributed by atoms with van der Waals surface area (Å²) in [5, 5.41) is 3.14. The minimum absolute atomic E-state index is 0.391. The first-order valence-corrected chi connectivity index (χ1v) is 18.5. The Labute approximate surface area is 321 Å². The number of hydrogen-bond donors (Lipinski definition) is 0. The lowest BCUT2D eigenvalue weighted by atomic mass is 10.0. The van der Waals surface area contributed by atoms with Crippen LogP contribution in [0.2, 0.25) is 0 Å². The summed E-state index contributed by atoms with van der Waals surface area (Å²) in [6.07, 6.45) is 0. The SMILES string of the molecule is c1ccc(-c2cccc(-c3nc(-c4ccccc4)nc(-c4nc(-c5cccc6c7ccccc7n(-c7ccccc7)c56)nc5c4oc4ccccc45)n3)c2)cc1. The number of hydrogen-bond acceptors (Lipinski definition) is 6. The van der Waals surface area contributed by atoms with Crippen LogP contribution in [0, 0.1) is 0 Å². The smallest absolute Gasteiger partial charge is 0.186 e. The van der Waals surface area contributed by atoms with Gasteiger partial charge in [0.15, 0.2) is 34.6 Å². The largest absolute Gasteiger partial charge is 0.452 e. The van der Waals surface area contributed by atoms with E-state index in [9.17, 15) is 0 Å². The second-order valence-corrected chi connectivity index (χ2v) is 13.7. The molecule has 0 saturated heterocycles. The van der Waals surface area contributed by atoms with E-state index < -0.39 is 0 Å². The molecule has 7 aromatic carbocycles. The monoisotopic (exact) mass is 718 g/mol. The maximum Gasteiger partial charge on any atom is 0.186 e. The van der Waals surface area contributed by atoms with Gasteiger partial charge in [0.05, 0.1) is 11.0 Å². The molecular formula is C49H30N6O. The fourth-order valence-corrected chi connectivity index (χ4v) is 7.70. The van der Waals surface area contributed by atoms with E-state index in [1.165, 1.54) is 0 Å². The van der Waals surface area contributed by atoms with Gasteiger partial charge in [0.1, 0.15) is 11.1 Å². The molecule has 0 aliphatic carbocycles. The number of nitrogens with zero attached hydrogens (tertiary/aromatic N) is 6. The highest BCUT2D eigenvalue weighted by atomic mass is 16.3. The molecule has 0 amide bonds. The first-order chi connectivity index (χ1) is 27.8. The van der Waals surface area contributed by atoms with Gasteiger partial charge >= 0.3 is 0 Å². The molecule has 0 saturated carbocycles. The Morgan fingerprint density at radius 2 is 0.982 bits per heavy atom. The average Bonchev–Trinajstić information content (AvgIpc) is 3.83. The Morgan fingerprint density at radius 1 is 0.393 bits per heavy atom. The van der Waals surface area contributed by atoms with Crippen LogP contribution in [-0.4, -0.2) is 29.5 Å². The van der Waals surface area contributed by atoms with Crippen LogP contribution in [0.25, 0.3) is 106 Å². The van der Waals surface area contributed by atoms with Crippen molar-refractivity contribution < 1.29 is 4.42 Å². The third kappa shape index (κ3) is 5.25. The highest BCUT2D eigenvalue weighted by Crippen LogP contribution is 2.40. The van der Waals surface area contributed by atoms with E-state index in [-0.39, 0.29) is 0 Å². The molecule has 0 spiro atoms. The summed E-state index contributed by atoms with van der Waals surface area (Å²) >= 11 is 0. The lowest BCUT2D eigenvalue weighted by molar-refractivity contribution is 0.666. The van der Waals surface area contributed by atoms with E-state index >= 15 is 0 Å². The number of benzene rings is 7. The van der Waals surface area contributed by atoms with Crippen LogP contribution in [-0.2, 0) is 0 Å². The maximum absolute atomic E-state index is 6.59. The van der Waals surface area contributed by atoms with Crippen molar-refractivity contribution in [2.24, 2.45) is 0 Å². The Balaban J connectivity index is 1.20. The maximum atomic E-state index is 6.59. The van der Waals surface area contributed by atoms with Gasteiger partial charge < -0.3 is 8.98 Å². The van der Waals surface area contributed by atoms with Crippen molar-refractivity contribution in [1.29, 1.82) is 0 Å². The predicted molar refractivity (Wildman–Crippen MR) is 224 cm³/mol. The predicted octanol–water partition coefficient (Wildman–Crippen LogP) is 12.0. The van der Waals surface area contributed by atoms with Crippen molar-refractivity contribution in [3.63, 3.8) is 0 Å². The standard InChI is InChI=1S/C49H30N6O/c1-4-16-31(17-5-1)33-20-14-21-34(30-33)47-52-46(32-18-6-2-7-19-32)53-49(54-47)43-45-42(38-25-11-13-29-41(38)56-45)50-48(51-43)39-27-15-26-37-36-24-10-12-28-40(36)55(44(37)39)35-22-8-3-9-23-35/h1-30H. The molecule has 0 atom stereocenters. The molecule has 0 bridgehead atoms. The highest BCUT2D eigenvalue weighted by molar-refractivity contribution is 6.14. The fourth-order valence-electron chi connectivity index (χ4n) is 7.70. The van der Waals surface area contributed by atoms with E-state index in [0.29, 0.717) is 45.7 Å². The molecule has 0 N–H and O–H groups in total. The number of fused-ring (bicyclic) bond motifs is 6. The van der Waals surface area contributed by atoms with Crippen LogP contribution in [0.3, 0.4) is 0 Å². The first-order valence-electron chi connectivity index (χ1n) is 18.5. The van der Waals surface area contributed by atoms with E-state index in [2.05, 4.69) is 95.6 Å². The molecule has 262 valence electrons. The third-order valence-electron chi connectivity index (χ3n) is 10.3. The van der Waals surface area contributed by atoms with Crippen molar-refractivity contribution >= 4 is 43.9 Å². The number of furan rings is 1. The molecule has 0 radical (unpaired) electrons. The fraction of sp³-hybridized carbons (Fsp3) is 0. The van der Waals surface area contributed by atoms with Crippen molar-refractivity contribution in [3.05, 3.63) is 182 Å². The van der Waals surface area contributed by atoms with Gasteiger partial charge in [-0.3, -0.25) is 0 Å². The number of rotatable bonds is 6. The summed E-state index contributed by atoms with van der Waals surface area (Å²) in [6, 6.07) is 61.8. The molecule has 4 heterocycles. The summed E-state index contributed by atoms with van der Waals surface area (Å²) in [7, 11) is 0. The van der Waals surface area contributed by atoms with Crippen LogP contribution in [0.1, 0.15) is 0 Å². The molecule has 56 heavy (non-hydrogen) atoms. The molecule has 11 rings (SSSR count). The van der Waals surface area contributed by atoms with Gasteiger partial charge in [-0.05, 0) is 53.6 Å². The van der Waals surface area contributed by atoms with Gasteiger partial charge in [0.2, 0.25) is 0 Å². The molecule has 0 aliphatic heterocycles. The van der Waals surface area contributed by atoms with Gasteiger partial charge in [0.25, 0.3) is 0 Å². The first kappa shape index (κ1) is 31.7. The molecule has 0 aliphatic rings. The molecule has 0 unspecified atom stereocenters. The Morgan fingerprint density at radius 3 is 1.79 bits per heavy atom. The summed E-state index contributed by atoms with van der Waals surface area (Å²) in [4.78, 5) is 26.0. The van der Waals surface area contributed by atoms with Crippen molar-refractivity contribution in [3.8, 4) is 62.5 Å². The lowest BCUT2D eigenvalue weighted by Crippen LogP contribution is -2.03. The Hall–Kier alpha value is -7.77. The van der Waals surface area contributed by atoms with Gasteiger partial charge in [-0.2, -0.15) is 0 Å². The molecule has 7 heteroatoms. The second-order valence-electron chi connectivity index (χ2n) is 13.7. The van der Waals surface area contributed by atoms with Crippen molar-refractivity contribution in [2.75, 3.05) is 0 Å². The van der Waals surface area contributed by atoms with Crippen molar-refractivity contribution in [2.45, 2.75) is 0 Å². The molecular weight excluding hydrogens is 689 g/mol. The van der Waals surface area contributed by atoms with Gasteiger partial charge in [-0.25, -0.2) is 24.9 Å². The minimum atomic E-state index is 0.391. The van der Waals surface area contributed by atoms with E-state index in [1.54, 1.807) is 0 Å². The van der Waals surface area contributed by atoms with Crippen LogP contribution >= 0.6 is 0 Å². The summed E-state index contributed by atoms with van der Waals surface area (Å²) in [6.45, 7) is 0. The second kappa shape index (κ2) is 13.0. The van der Waals surface area contributed by atoms with Crippen LogP contribution < -0.4 is 0 Å². The summed E-state index contributed by atoms with van der Waals surface area (Å²) in [5.74, 6) is 2.00. The lowest BCUT2D eigenvalue weighted by Gasteiger charge is -2.12. The molecule has 4 aromatic heterocycles. The summed E-state index contributed by atoms with van der Waals surface area (Å²) < 4.78 is 8.90. The van der Waals surface area contributed by atoms with Crippen molar-refractivity contribution in [1.82, 2.24) is 29.5 Å². The van der Waals surface area contributed by atoms with E-state index in [1.807, 2.05) is 91.0 Å². The van der Waals surface area contributed by atoms with E-state index in [0.717, 1.165) is 60.7 Å². The van der Waals surface area contributed by atoms with Gasteiger partial charge in [-0.15, -0.1) is 0 Å². The Kier molecular flexibility index (Phi) is 7.35. The number of aromatic nitrogens is 6. The highest BCUT2D eigenvalue weighted by Gasteiger charge is 2.24. The minimum Gasteiger partial charge on any atom is -0.452 e.